The van der Waals surface area contributed by atoms with Crippen LogP contribution in [0.1, 0.15) is 31.2 Å². The van der Waals surface area contributed by atoms with E-state index in [2.05, 4.69) is 15.9 Å². The number of fused-ring (bicyclic) bond motifs is 1. The van der Waals surface area contributed by atoms with E-state index in [9.17, 15) is 4.79 Å². The molecule has 4 heteroatoms. The lowest BCUT2D eigenvalue weighted by atomic mass is 9.97. The van der Waals surface area contributed by atoms with E-state index in [0.29, 0.717) is 19.6 Å². The lowest BCUT2D eigenvalue weighted by Crippen LogP contribution is -2.02. The molecular weight excluding hydrogens is 284 g/mol. The topological polar surface area (TPSA) is 35.5 Å². The average molecular weight is 299 g/mol. The van der Waals surface area contributed by atoms with Gasteiger partial charge in [0.1, 0.15) is 6.29 Å². The molecule has 2 rings (SSSR count). The Bertz CT molecular complexity index is 417. The molecule has 0 aromatic heterocycles. The van der Waals surface area contributed by atoms with E-state index in [1.54, 1.807) is 0 Å². The molecule has 0 saturated carbocycles. The zero-order valence-electron chi connectivity index (χ0n) is 9.74. The lowest BCUT2D eigenvalue weighted by Gasteiger charge is -2.18. The molecule has 0 radical (unpaired) electrons. The summed E-state index contributed by atoms with van der Waals surface area (Å²) in [6.45, 7) is 3.35. The molecule has 1 aliphatic heterocycles. The first-order valence-corrected chi connectivity index (χ1v) is 6.55. The number of hydrogen-bond donors (Lipinski definition) is 0. The predicted molar refractivity (Wildman–Crippen MR) is 68.8 cm³/mol. The monoisotopic (exact) mass is 298 g/mol. The van der Waals surface area contributed by atoms with Gasteiger partial charge in [0.25, 0.3) is 0 Å². The number of hydrogen-bond acceptors (Lipinski definition) is 3. The van der Waals surface area contributed by atoms with E-state index in [4.69, 9.17) is 9.47 Å². The highest BCUT2D eigenvalue weighted by Gasteiger charge is 2.21. The third kappa shape index (κ3) is 2.63. The van der Waals surface area contributed by atoms with Crippen LogP contribution in [0.3, 0.4) is 0 Å². The highest BCUT2D eigenvalue weighted by molar-refractivity contribution is 9.10. The van der Waals surface area contributed by atoms with Gasteiger partial charge < -0.3 is 14.3 Å². The van der Waals surface area contributed by atoms with Crippen molar-refractivity contribution in [2.24, 2.45) is 0 Å². The number of halogens is 1. The van der Waals surface area contributed by atoms with Crippen LogP contribution in [-0.4, -0.2) is 19.5 Å². The second-order valence-electron chi connectivity index (χ2n) is 4.14. The highest BCUT2D eigenvalue weighted by atomic mass is 79.9. The van der Waals surface area contributed by atoms with Crippen molar-refractivity contribution in [3.63, 3.8) is 0 Å². The molecule has 1 atom stereocenters. The van der Waals surface area contributed by atoms with Crippen molar-refractivity contribution in [2.75, 3.05) is 13.2 Å². The Hall–Kier alpha value is -1.03. The van der Waals surface area contributed by atoms with Gasteiger partial charge in [0.05, 0.1) is 13.2 Å². The summed E-state index contributed by atoms with van der Waals surface area (Å²) in [7, 11) is 0. The van der Waals surface area contributed by atoms with E-state index < -0.39 is 0 Å². The van der Waals surface area contributed by atoms with Gasteiger partial charge in [0.2, 0.25) is 0 Å². The fourth-order valence-corrected chi connectivity index (χ4v) is 2.66. The number of carbonyl (C=O) groups is 1. The molecular formula is C13H15BrO3. The standard InChI is InChI=1S/C13H15BrO3/c1-9(5-6-15)12-10(14)3-4-11-13(12)17-8-2-7-16-11/h3-4,6,9H,2,5,7-8H2,1H3. The van der Waals surface area contributed by atoms with Crippen molar-refractivity contribution in [2.45, 2.75) is 25.7 Å². The summed E-state index contributed by atoms with van der Waals surface area (Å²) in [6.07, 6.45) is 2.31. The van der Waals surface area contributed by atoms with Crippen molar-refractivity contribution in [3.8, 4) is 11.5 Å². The van der Waals surface area contributed by atoms with Gasteiger partial charge in [-0.25, -0.2) is 0 Å². The number of rotatable bonds is 3. The fourth-order valence-electron chi connectivity index (χ4n) is 1.95. The van der Waals surface area contributed by atoms with Gasteiger partial charge in [-0.05, 0) is 18.1 Å². The molecule has 1 heterocycles. The second-order valence-corrected chi connectivity index (χ2v) is 5.00. The summed E-state index contributed by atoms with van der Waals surface area (Å²) in [5.74, 6) is 1.68. The molecule has 1 aliphatic rings. The van der Waals surface area contributed by atoms with Crippen LogP contribution in [0.4, 0.5) is 0 Å². The van der Waals surface area contributed by atoms with Crippen molar-refractivity contribution < 1.29 is 14.3 Å². The molecule has 1 aromatic carbocycles. The van der Waals surface area contributed by atoms with E-state index in [-0.39, 0.29) is 5.92 Å². The summed E-state index contributed by atoms with van der Waals surface area (Å²) in [6, 6.07) is 3.85. The van der Waals surface area contributed by atoms with Gasteiger partial charge in [-0.15, -0.1) is 0 Å². The molecule has 1 unspecified atom stereocenters. The van der Waals surface area contributed by atoms with Crippen molar-refractivity contribution in [1.82, 2.24) is 0 Å². The van der Waals surface area contributed by atoms with Gasteiger partial charge in [-0.3, -0.25) is 0 Å². The van der Waals surface area contributed by atoms with Gasteiger partial charge in [0, 0.05) is 22.9 Å². The number of carbonyl (C=O) groups excluding carboxylic acids is 1. The Morgan fingerprint density at radius 1 is 1.41 bits per heavy atom. The van der Waals surface area contributed by atoms with Crippen LogP contribution in [-0.2, 0) is 4.79 Å². The number of ether oxygens (including phenoxy) is 2. The van der Waals surface area contributed by atoms with Gasteiger partial charge in [-0.2, -0.15) is 0 Å². The number of aldehydes is 1. The minimum absolute atomic E-state index is 0.124. The summed E-state index contributed by atoms with van der Waals surface area (Å²) < 4.78 is 12.4. The van der Waals surface area contributed by atoms with Crippen LogP contribution in [0, 0.1) is 0 Å². The van der Waals surface area contributed by atoms with Crippen LogP contribution in [0.5, 0.6) is 11.5 Å². The molecule has 0 saturated heterocycles. The molecule has 0 amide bonds. The molecule has 3 nitrogen and oxygen atoms in total. The van der Waals surface area contributed by atoms with Crippen LogP contribution < -0.4 is 9.47 Å². The first-order chi connectivity index (χ1) is 8.24. The Labute approximate surface area is 109 Å². The molecule has 92 valence electrons. The summed E-state index contributed by atoms with van der Waals surface area (Å²) in [5, 5.41) is 0. The number of benzene rings is 1. The Morgan fingerprint density at radius 3 is 2.94 bits per heavy atom. The van der Waals surface area contributed by atoms with Crippen molar-refractivity contribution in [1.29, 1.82) is 0 Å². The molecule has 0 bridgehead atoms. The highest BCUT2D eigenvalue weighted by Crippen LogP contribution is 2.42. The third-order valence-corrected chi connectivity index (χ3v) is 3.53. The van der Waals surface area contributed by atoms with Crippen LogP contribution >= 0.6 is 15.9 Å². The van der Waals surface area contributed by atoms with E-state index in [1.165, 1.54) is 0 Å². The quantitative estimate of drug-likeness (QED) is 0.803. The van der Waals surface area contributed by atoms with Crippen LogP contribution in [0.15, 0.2) is 16.6 Å². The average Bonchev–Trinajstić information content (AvgIpc) is 2.54. The minimum Gasteiger partial charge on any atom is -0.490 e. The van der Waals surface area contributed by atoms with E-state index >= 15 is 0 Å². The molecule has 0 spiro atoms. The molecule has 0 N–H and O–H groups in total. The minimum atomic E-state index is 0.124. The molecule has 1 aromatic rings. The SMILES string of the molecule is CC(CC=O)c1c(Br)ccc2c1OCCCO2. The van der Waals surface area contributed by atoms with E-state index in [0.717, 1.165) is 34.2 Å². The van der Waals surface area contributed by atoms with Crippen LogP contribution in [0.25, 0.3) is 0 Å². The molecule has 0 fully saturated rings. The second kappa shape index (κ2) is 5.54. The summed E-state index contributed by atoms with van der Waals surface area (Å²) in [4.78, 5) is 10.6. The maximum Gasteiger partial charge on any atom is 0.165 e. The Kier molecular flexibility index (Phi) is 4.05. The smallest absolute Gasteiger partial charge is 0.165 e. The Morgan fingerprint density at radius 2 is 2.18 bits per heavy atom. The van der Waals surface area contributed by atoms with Gasteiger partial charge in [0.15, 0.2) is 11.5 Å². The van der Waals surface area contributed by atoms with Crippen LogP contribution in [0.2, 0.25) is 0 Å². The first kappa shape index (κ1) is 12.4. The summed E-state index contributed by atoms with van der Waals surface area (Å²) >= 11 is 3.52. The zero-order valence-corrected chi connectivity index (χ0v) is 11.3. The van der Waals surface area contributed by atoms with Gasteiger partial charge >= 0.3 is 0 Å². The summed E-state index contributed by atoms with van der Waals surface area (Å²) in [5.41, 5.74) is 1.02. The largest absolute Gasteiger partial charge is 0.490 e. The normalized spacial score (nSPS) is 16.1. The maximum atomic E-state index is 10.6. The maximum absolute atomic E-state index is 10.6. The zero-order chi connectivity index (χ0) is 12.3. The van der Waals surface area contributed by atoms with Gasteiger partial charge in [-0.1, -0.05) is 22.9 Å². The van der Waals surface area contributed by atoms with Crippen molar-refractivity contribution in [3.05, 3.63) is 22.2 Å². The van der Waals surface area contributed by atoms with E-state index in [1.807, 2.05) is 19.1 Å². The molecule has 0 aliphatic carbocycles. The fraction of sp³-hybridized carbons (Fsp3) is 0.462. The van der Waals surface area contributed by atoms with Crippen molar-refractivity contribution >= 4 is 22.2 Å². The third-order valence-electron chi connectivity index (χ3n) is 2.84. The first-order valence-electron chi connectivity index (χ1n) is 5.75. The predicted octanol–water partition coefficient (Wildman–Crippen LogP) is 3.30. The Balaban J connectivity index is 2.44. The molecule has 17 heavy (non-hydrogen) atoms. The lowest BCUT2D eigenvalue weighted by molar-refractivity contribution is -0.108.